The second kappa shape index (κ2) is 13.0. The number of rotatable bonds is 3. The van der Waals surface area contributed by atoms with Gasteiger partial charge in [0.1, 0.15) is 11.4 Å². The zero-order valence-corrected chi connectivity index (χ0v) is 20.1. The van der Waals surface area contributed by atoms with E-state index in [-0.39, 0.29) is 11.4 Å². The first-order valence-electron chi connectivity index (χ1n) is 11.0. The normalized spacial score (nSPS) is 18.4. The van der Waals surface area contributed by atoms with Crippen LogP contribution in [-0.2, 0) is 20.9 Å². The fourth-order valence-corrected chi connectivity index (χ4v) is 3.87. The van der Waals surface area contributed by atoms with Gasteiger partial charge in [-0.3, -0.25) is 14.6 Å². The number of carbonyl (C=O) groups excluding carboxylic acids is 1. The number of aliphatic carboxylic acids is 2. The van der Waals surface area contributed by atoms with Gasteiger partial charge in [-0.05, 0) is 44.5 Å². The number of piperazine rings is 1. The molecule has 1 amide bonds. The zero-order valence-electron chi connectivity index (χ0n) is 20.1. The monoisotopic (exact) mass is 547 g/mol. The molecule has 2 N–H and O–H groups in total. The van der Waals surface area contributed by atoms with Crippen molar-refractivity contribution in [3.05, 3.63) is 35.6 Å². The Morgan fingerprint density at radius 3 is 1.70 bits per heavy atom. The Morgan fingerprint density at radius 2 is 1.32 bits per heavy atom. The lowest BCUT2D eigenvalue weighted by atomic mass is 9.82. The minimum Gasteiger partial charge on any atom is -0.475 e. The number of amides is 1. The molecule has 1 aromatic carbocycles. The van der Waals surface area contributed by atoms with E-state index < -0.39 is 24.3 Å². The molecule has 0 atom stereocenters. The minimum atomic E-state index is -5.08. The predicted octanol–water partition coefficient (Wildman–Crippen LogP) is 3.22. The van der Waals surface area contributed by atoms with Crippen LogP contribution in [0, 0.1) is 5.82 Å². The van der Waals surface area contributed by atoms with Gasteiger partial charge in [0.05, 0.1) is 0 Å². The third kappa shape index (κ3) is 9.46. The van der Waals surface area contributed by atoms with Crippen molar-refractivity contribution < 1.29 is 55.3 Å². The Kier molecular flexibility index (Phi) is 11.3. The van der Waals surface area contributed by atoms with Crippen LogP contribution in [0.1, 0.15) is 25.3 Å². The summed E-state index contributed by atoms with van der Waals surface area (Å²) in [7, 11) is 2.08. The Hall–Kier alpha value is -2.94. The lowest BCUT2D eigenvalue weighted by molar-refractivity contribution is -0.193. The van der Waals surface area contributed by atoms with Crippen molar-refractivity contribution in [1.29, 1.82) is 0 Å². The number of benzene rings is 1. The molecule has 210 valence electrons. The van der Waals surface area contributed by atoms with Gasteiger partial charge >= 0.3 is 24.3 Å². The smallest absolute Gasteiger partial charge is 0.475 e. The Morgan fingerprint density at radius 1 is 0.892 bits per heavy atom. The van der Waals surface area contributed by atoms with E-state index in [1.165, 1.54) is 12.1 Å². The summed E-state index contributed by atoms with van der Waals surface area (Å²) in [6, 6.07) is 6.71. The van der Waals surface area contributed by atoms with Crippen LogP contribution in [0.25, 0.3) is 0 Å². The van der Waals surface area contributed by atoms with Crippen LogP contribution in [-0.4, -0.2) is 100 Å². The Balaban J connectivity index is 0.000000404. The second-order valence-electron chi connectivity index (χ2n) is 8.35. The van der Waals surface area contributed by atoms with Crippen LogP contribution < -0.4 is 0 Å². The van der Waals surface area contributed by atoms with Gasteiger partial charge in [-0.25, -0.2) is 14.0 Å². The number of hydrogen-bond donors (Lipinski definition) is 2. The fourth-order valence-electron chi connectivity index (χ4n) is 3.87. The van der Waals surface area contributed by atoms with Gasteiger partial charge in [0.2, 0.25) is 5.91 Å². The topological polar surface area (TPSA) is 101 Å². The van der Waals surface area contributed by atoms with Crippen molar-refractivity contribution in [3.63, 3.8) is 0 Å². The van der Waals surface area contributed by atoms with Crippen molar-refractivity contribution in [1.82, 2.24) is 14.7 Å². The molecule has 0 aliphatic carbocycles. The molecule has 0 unspecified atom stereocenters. The maximum absolute atomic E-state index is 13.0. The molecule has 0 aromatic heterocycles. The maximum Gasteiger partial charge on any atom is 0.490 e. The first-order valence-corrected chi connectivity index (χ1v) is 11.0. The third-order valence-corrected chi connectivity index (χ3v) is 5.99. The van der Waals surface area contributed by atoms with Crippen molar-refractivity contribution in [2.24, 2.45) is 0 Å². The van der Waals surface area contributed by atoms with Crippen molar-refractivity contribution in [2.75, 3.05) is 39.8 Å². The van der Waals surface area contributed by atoms with Crippen LogP contribution in [0.2, 0.25) is 0 Å². The third-order valence-electron chi connectivity index (χ3n) is 5.99. The first kappa shape index (κ1) is 32.1. The summed E-state index contributed by atoms with van der Waals surface area (Å²) in [5, 5.41) is 14.2. The largest absolute Gasteiger partial charge is 0.490 e. The summed E-state index contributed by atoms with van der Waals surface area (Å²) >= 11 is 0. The van der Waals surface area contributed by atoms with Gasteiger partial charge < -0.3 is 15.1 Å². The first-order chi connectivity index (χ1) is 16.9. The van der Waals surface area contributed by atoms with Gasteiger partial charge in [-0.1, -0.05) is 12.1 Å². The summed E-state index contributed by atoms with van der Waals surface area (Å²) in [5.74, 6) is -5.41. The number of piperidine rings is 1. The van der Waals surface area contributed by atoms with Gasteiger partial charge in [0.25, 0.3) is 0 Å². The number of alkyl halides is 6. The number of carbonyl (C=O) groups is 3. The zero-order chi connectivity index (χ0) is 28.6. The molecule has 2 heterocycles. The summed E-state index contributed by atoms with van der Waals surface area (Å²) in [6.07, 6.45) is -8.42. The van der Waals surface area contributed by atoms with Gasteiger partial charge in [0, 0.05) is 39.3 Å². The van der Waals surface area contributed by atoms with E-state index in [4.69, 9.17) is 19.8 Å². The highest BCUT2D eigenvalue weighted by Gasteiger charge is 2.48. The summed E-state index contributed by atoms with van der Waals surface area (Å²) < 4.78 is 76.5. The molecule has 15 heteroatoms. The molecule has 0 bridgehead atoms. The van der Waals surface area contributed by atoms with Crippen LogP contribution in [0.5, 0.6) is 0 Å². The number of likely N-dealkylation sites (N-methyl/N-ethyl adjacent to an activating group) is 2. The van der Waals surface area contributed by atoms with Crippen molar-refractivity contribution in [2.45, 2.75) is 44.2 Å². The molecule has 8 nitrogen and oxygen atoms in total. The average molecular weight is 547 g/mol. The molecule has 2 fully saturated rings. The highest BCUT2D eigenvalue weighted by molar-refractivity contribution is 5.87. The van der Waals surface area contributed by atoms with Crippen molar-refractivity contribution >= 4 is 17.8 Å². The molecule has 2 aliphatic heterocycles. The van der Waals surface area contributed by atoms with E-state index in [2.05, 4.69) is 23.8 Å². The second-order valence-corrected chi connectivity index (χ2v) is 8.35. The molecule has 1 aromatic rings. The van der Waals surface area contributed by atoms with Crippen LogP contribution in [0.15, 0.2) is 24.3 Å². The molecule has 2 aliphatic rings. The lowest BCUT2D eigenvalue weighted by Crippen LogP contribution is -2.67. The molecule has 1 spiro atoms. The van der Waals surface area contributed by atoms with E-state index in [1.54, 1.807) is 0 Å². The number of carboxylic acid groups (broad SMARTS) is 2. The van der Waals surface area contributed by atoms with Crippen molar-refractivity contribution in [3.8, 4) is 0 Å². The van der Waals surface area contributed by atoms with E-state index >= 15 is 0 Å². The SMILES string of the molecule is CCN1CCN(C)C2(CCN(Cc3ccc(F)cc3)CC2)C1=O.O=C(O)C(F)(F)F.O=C(O)C(F)(F)F. The number of carboxylic acids is 2. The molecular weight excluding hydrogens is 519 g/mol. The summed E-state index contributed by atoms with van der Waals surface area (Å²) in [6.45, 7) is 7.29. The Labute approximate surface area is 208 Å². The summed E-state index contributed by atoms with van der Waals surface area (Å²) in [4.78, 5) is 37.3. The highest BCUT2D eigenvalue weighted by Crippen LogP contribution is 2.33. The fraction of sp³-hybridized carbons (Fsp3) is 0.591. The molecule has 3 rings (SSSR count). The van der Waals surface area contributed by atoms with Crippen LogP contribution >= 0.6 is 0 Å². The van der Waals surface area contributed by atoms with Crippen LogP contribution in [0.4, 0.5) is 30.7 Å². The Bertz CT molecular complexity index is 891. The molecule has 0 saturated carbocycles. The van der Waals surface area contributed by atoms with Gasteiger partial charge in [0.15, 0.2) is 0 Å². The van der Waals surface area contributed by atoms with E-state index in [1.807, 2.05) is 17.0 Å². The molecule has 2 saturated heterocycles. The van der Waals surface area contributed by atoms with Gasteiger partial charge in [-0.15, -0.1) is 0 Å². The highest BCUT2D eigenvalue weighted by atomic mass is 19.4. The number of halogens is 7. The van der Waals surface area contributed by atoms with Crippen LogP contribution in [0.3, 0.4) is 0 Å². The average Bonchev–Trinajstić information content (AvgIpc) is 2.80. The van der Waals surface area contributed by atoms with E-state index in [0.29, 0.717) is 5.91 Å². The van der Waals surface area contributed by atoms with Gasteiger partial charge in [-0.2, -0.15) is 26.3 Å². The maximum atomic E-state index is 13.0. The van der Waals surface area contributed by atoms with E-state index in [0.717, 1.165) is 57.7 Å². The molecule has 37 heavy (non-hydrogen) atoms. The standard InChI is InChI=1S/C18H26FN3O.2C2HF3O2/c1-3-22-13-12-20(2)18(17(22)23)8-10-21(11-9-18)14-15-4-6-16(19)7-5-15;2*3-2(4,5)1(6)7/h4-7H,3,8-14H2,1-2H3;2*(H,6,7). The molecular formula is C22H28F7N3O5. The molecule has 0 radical (unpaired) electrons. The number of hydrogen-bond acceptors (Lipinski definition) is 5. The van der Waals surface area contributed by atoms with E-state index in [9.17, 15) is 35.5 Å². The predicted molar refractivity (Wildman–Crippen MR) is 116 cm³/mol. The minimum absolute atomic E-state index is 0.194. The number of likely N-dealkylation sites (tertiary alicyclic amines) is 1. The summed E-state index contributed by atoms with van der Waals surface area (Å²) in [5.41, 5.74) is 0.814. The lowest BCUT2D eigenvalue weighted by Gasteiger charge is -2.51. The number of nitrogens with zero attached hydrogens (tertiary/aromatic N) is 3. The quantitative estimate of drug-likeness (QED) is 0.561.